The van der Waals surface area contributed by atoms with Crippen LogP contribution in [0.3, 0.4) is 0 Å². The number of amides is 1. The number of hydrogen-bond acceptors (Lipinski definition) is 9. The van der Waals surface area contributed by atoms with Gasteiger partial charge in [-0.1, -0.05) is 41.8 Å². The number of nitrogens with one attached hydrogen (secondary N) is 2. The zero-order valence-corrected chi connectivity index (χ0v) is 22.2. The van der Waals surface area contributed by atoms with Gasteiger partial charge in [-0.3, -0.25) is 4.79 Å². The highest BCUT2D eigenvalue weighted by molar-refractivity contribution is 7.90. The van der Waals surface area contributed by atoms with E-state index in [1.54, 1.807) is 13.0 Å². The lowest BCUT2D eigenvalue weighted by Crippen LogP contribution is -2.45. The first-order chi connectivity index (χ1) is 16.6. The third kappa shape index (κ3) is 7.94. The van der Waals surface area contributed by atoms with Gasteiger partial charge in [-0.15, -0.1) is 0 Å². The minimum Gasteiger partial charge on any atom is -0.395 e. The number of carbonyl (C=O) groups excluding carboxylic acids is 1. The van der Waals surface area contributed by atoms with E-state index in [-0.39, 0.29) is 35.0 Å². The molecule has 1 heterocycles. The number of aliphatic hydroxyl groups excluding tert-OH is 2. The van der Waals surface area contributed by atoms with Crippen molar-refractivity contribution in [1.29, 1.82) is 0 Å². The number of aliphatic hydroxyl groups is 2. The summed E-state index contributed by atoms with van der Waals surface area (Å²) in [7, 11) is -3.48. The number of anilines is 1. The van der Waals surface area contributed by atoms with Crippen LogP contribution in [0.4, 0.5) is 5.13 Å². The van der Waals surface area contributed by atoms with Gasteiger partial charge in [-0.25, -0.2) is 13.4 Å². The normalized spacial score (nSPS) is 16.4. The van der Waals surface area contributed by atoms with E-state index in [0.29, 0.717) is 29.4 Å². The molecule has 1 saturated carbocycles. The smallest absolute Gasteiger partial charge is 0.226 e. The van der Waals surface area contributed by atoms with Crippen LogP contribution in [0, 0.1) is 6.92 Å². The average Bonchev–Trinajstić information content (AvgIpc) is 3.42. The van der Waals surface area contributed by atoms with Gasteiger partial charge in [-0.2, -0.15) is 0 Å². The van der Waals surface area contributed by atoms with Crippen LogP contribution in [0.25, 0.3) is 10.4 Å². The van der Waals surface area contributed by atoms with Crippen LogP contribution < -0.4 is 10.6 Å². The molecule has 0 radical (unpaired) electrons. The quantitative estimate of drug-likeness (QED) is 0.236. The van der Waals surface area contributed by atoms with E-state index in [9.17, 15) is 23.4 Å². The molecule has 0 saturated heterocycles. The number of ether oxygens (including phenoxy) is 1. The van der Waals surface area contributed by atoms with Crippen LogP contribution in [-0.2, 0) is 19.4 Å². The van der Waals surface area contributed by atoms with Crippen molar-refractivity contribution in [3.63, 3.8) is 0 Å². The molecule has 1 aromatic carbocycles. The molecule has 4 N–H and O–H groups in total. The van der Waals surface area contributed by atoms with E-state index in [1.165, 1.54) is 23.5 Å². The van der Waals surface area contributed by atoms with E-state index in [1.807, 2.05) is 0 Å². The van der Waals surface area contributed by atoms with Crippen LogP contribution in [0.2, 0.25) is 5.02 Å². The summed E-state index contributed by atoms with van der Waals surface area (Å²) in [5.74, 6) is -0.219. The Labute approximate surface area is 214 Å². The number of carbonyl (C=O) groups is 1. The standard InChI is InChI=1S/C23H32ClN3O6S2/c1-14-21(15-9-10-17(24)19(12-15)35(2,31)32)34-23(26-14)27-20(29)8-5-11-25-18(13-28)22(30)33-16-6-3-4-7-16/h9-10,12,16,18,22,25,28,30H,3-8,11,13H2,1-2H3,(H,26,27,29)/t18-,22?/m0/s1. The highest BCUT2D eigenvalue weighted by Gasteiger charge is 2.25. The van der Waals surface area contributed by atoms with Crippen molar-refractivity contribution in [3.8, 4) is 10.4 Å². The maximum absolute atomic E-state index is 12.4. The third-order valence-corrected chi connectivity index (χ3v) is 8.50. The van der Waals surface area contributed by atoms with Gasteiger partial charge >= 0.3 is 0 Å². The summed E-state index contributed by atoms with van der Waals surface area (Å²) in [5, 5.41) is 26.1. The number of sulfone groups is 1. The van der Waals surface area contributed by atoms with Gasteiger partial charge in [0.25, 0.3) is 0 Å². The van der Waals surface area contributed by atoms with Crippen molar-refractivity contribution in [2.45, 2.75) is 68.8 Å². The molecule has 3 rings (SSSR count). The van der Waals surface area contributed by atoms with Crippen LogP contribution >= 0.6 is 22.9 Å². The Bertz CT molecular complexity index is 1120. The van der Waals surface area contributed by atoms with Gasteiger partial charge in [0.1, 0.15) is 0 Å². The predicted molar refractivity (Wildman–Crippen MR) is 136 cm³/mol. The number of nitrogens with zero attached hydrogens (tertiary/aromatic N) is 1. The molecule has 194 valence electrons. The fraction of sp³-hybridized carbons (Fsp3) is 0.565. The van der Waals surface area contributed by atoms with E-state index in [2.05, 4.69) is 15.6 Å². The molecular weight excluding hydrogens is 514 g/mol. The molecule has 1 aromatic heterocycles. The van der Waals surface area contributed by atoms with Crippen molar-refractivity contribution in [1.82, 2.24) is 10.3 Å². The molecule has 35 heavy (non-hydrogen) atoms. The Morgan fingerprint density at radius 3 is 2.71 bits per heavy atom. The second kappa shape index (κ2) is 12.6. The summed E-state index contributed by atoms with van der Waals surface area (Å²) in [6.45, 7) is 1.94. The molecule has 9 nitrogen and oxygen atoms in total. The topological polar surface area (TPSA) is 138 Å². The molecule has 12 heteroatoms. The van der Waals surface area contributed by atoms with E-state index >= 15 is 0 Å². The molecule has 0 spiro atoms. The Hall–Kier alpha value is -1.60. The first-order valence-electron chi connectivity index (χ1n) is 11.5. The molecule has 2 aromatic rings. The first kappa shape index (κ1) is 28.0. The zero-order chi connectivity index (χ0) is 25.6. The molecule has 0 bridgehead atoms. The zero-order valence-electron chi connectivity index (χ0n) is 19.8. The number of halogens is 1. The van der Waals surface area contributed by atoms with Crippen molar-refractivity contribution < 1.29 is 28.2 Å². The Balaban J connectivity index is 1.50. The molecule has 1 unspecified atom stereocenters. The van der Waals surface area contributed by atoms with Crippen molar-refractivity contribution in [3.05, 3.63) is 28.9 Å². The van der Waals surface area contributed by atoms with Crippen molar-refractivity contribution >= 4 is 43.8 Å². The van der Waals surface area contributed by atoms with Crippen molar-refractivity contribution in [2.24, 2.45) is 0 Å². The Morgan fingerprint density at radius 1 is 1.34 bits per heavy atom. The molecule has 0 aliphatic heterocycles. The van der Waals surface area contributed by atoms with Gasteiger partial charge in [-0.05, 0) is 50.4 Å². The fourth-order valence-electron chi connectivity index (χ4n) is 3.94. The lowest BCUT2D eigenvalue weighted by atomic mass is 10.2. The van der Waals surface area contributed by atoms with E-state index in [0.717, 1.165) is 36.8 Å². The average molecular weight is 546 g/mol. The number of hydrogen-bond donors (Lipinski definition) is 4. The number of thiazole rings is 1. The summed E-state index contributed by atoms with van der Waals surface area (Å²) in [4.78, 5) is 17.6. The molecule has 1 fully saturated rings. The largest absolute Gasteiger partial charge is 0.395 e. The second-order valence-electron chi connectivity index (χ2n) is 8.68. The van der Waals surface area contributed by atoms with E-state index < -0.39 is 22.2 Å². The van der Waals surface area contributed by atoms with E-state index in [4.69, 9.17) is 16.3 Å². The lowest BCUT2D eigenvalue weighted by molar-refractivity contribution is -0.156. The number of aromatic nitrogens is 1. The monoisotopic (exact) mass is 545 g/mol. The van der Waals surface area contributed by atoms with Crippen LogP contribution in [0.1, 0.15) is 44.2 Å². The minimum absolute atomic E-state index is 0.0316. The number of benzene rings is 1. The molecule has 1 aliphatic carbocycles. The number of aryl methyl sites for hydroxylation is 1. The highest BCUT2D eigenvalue weighted by Crippen LogP contribution is 2.35. The summed E-state index contributed by atoms with van der Waals surface area (Å²) in [5.41, 5.74) is 1.32. The molecule has 2 atom stereocenters. The van der Waals surface area contributed by atoms with Crippen molar-refractivity contribution in [2.75, 3.05) is 24.7 Å². The molecule has 1 aliphatic rings. The number of rotatable bonds is 12. The molecular formula is C23H32ClN3O6S2. The van der Waals surface area contributed by atoms with Crippen LogP contribution in [0.5, 0.6) is 0 Å². The first-order valence-corrected chi connectivity index (χ1v) is 14.6. The SMILES string of the molecule is Cc1nc(NC(=O)CCCN[C@@H](CO)C(O)OC2CCCC2)sc1-c1ccc(Cl)c(S(C)(=O)=O)c1. The Kier molecular flexibility index (Phi) is 10.1. The summed E-state index contributed by atoms with van der Waals surface area (Å²) in [6.07, 6.45) is 4.77. The van der Waals surface area contributed by atoms with Gasteiger partial charge < -0.3 is 25.6 Å². The highest BCUT2D eigenvalue weighted by atomic mass is 35.5. The summed E-state index contributed by atoms with van der Waals surface area (Å²) < 4.78 is 29.6. The summed E-state index contributed by atoms with van der Waals surface area (Å²) >= 11 is 7.29. The lowest BCUT2D eigenvalue weighted by Gasteiger charge is -2.25. The second-order valence-corrected chi connectivity index (χ2v) is 12.1. The predicted octanol–water partition coefficient (Wildman–Crippen LogP) is 3.12. The van der Waals surface area contributed by atoms with Crippen LogP contribution in [0.15, 0.2) is 23.1 Å². The maximum Gasteiger partial charge on any atom is 0.226 e. The Morgan fingerprint density at radius 2 is 2.06 bits per heavy atom. The van der Waals surface area contributed by atoms with Gasteiger partial charge in [0.05, 0.1) is 39.2 Å². The summed E-state index contributed by atoms with van der Waals surface area (Å²) in [6, 6.07) is 4.15. The molecule has 1 amide bonds. The minimum atomic E-state index is -3.48. The maximum atomic E-state index is 12.4. The van der Waals surface area contributed by atoms with Gasteiger partial charge in [0.15, 0.2) is 21.3 Å². The van der Waals surface area contributed by atoms with Gasteiger partial charge in [0, 0.05) is 12.7 Å². The van der Waals surface area contributed by atoms with Crippen LogP contribution in [-0.4, -0.2) is 67.4 Å². The van der Waals surface area contributed by atoms with Gasteiger partial charge in [0.2, 0.25) is 5.91 Å². The fourth-order valence-corrected chi connectivity index (χ4v) is 6.22. The third-order valence-electron chi connectivity index (χ3n) is 5.80.